The highest BCUT2D eigenvalue weighted by molar-refractivity contribution is 5.98. The highest BCUT2D eigenvalue weighted by Gasteiger charge is 2.34. The quantitative estimate of drug-likeness (QED) is 0.663. The van der Waals surface area contributed by atoms with Crippen LogP contribution in [0.4, 0.5) is 0 Å². The number of carboxylic acid groups (broad SMARTS) is 1. The van der Waals surface area contributed by atoms with E-state index in [1.54, 1.807) is 14.1 Å². The fourth-order valence-corrected chi connectivity index (χ4v) is 1.71. The van der Waals surface area contributed by atoms with Gasteiger partial charge in [0.2, 0.25) is 11.8 Å². The number of rotatable bonds is 3. The summed E-state index contributed by atoms with van der Waals surface area (Å²) in [6.07, 6.45) is 0.896. The van der Waals surface area contributed by atoms with Crippen molar-refractivity contribution in [2.75, 3.05) is 20.6 Å². The van der Waals surface area contributed by atoms with E-state index in [1.807, 2.05) is 0 Å². The lowest BCUT2D eigenvalue weighted by Crippen LogP contribution is -2.42. The summed E-state index contributed by atoms with van der Waals surface area (Å²) in [7, 11) is 3.13. The molecule has 6 heteroatoms. The van der Waals surface area contributed by atoms with Crippen molar-refractivity contribution in [3.05, 3.63) is 0 Å². The Labute approximate surface area is 93.8 Å². The fraction of sp³-hybridized carbons (Fsp3) is 0.700. The van der Waals surface area contributed by atoms with Gasteiger partial charge < -0.3 is 14.9 Å². The number of aliphatic carboxylic acids is 1. The van der Waals surface area contributed by atoms with Crippen molar-refractivity contribution >= 4 is 17.8 Å². The van der Waals surface area contributed by atoms with E-state index in [0.29, 0.717) is 19.4 Å². The van der Waals surface area contributed by atoms with Crippen molar-refractivity contribution in [1.82, 2.24) is 9.80 Å². The van der Waals surface area contributed by atoms with E-state index in [1.165, 1.54) is 9.80 Å². The Morgan fingerprint density at radius 1 is 1.38 bits per heavy atom. The molecular weight excluding hydrogens is 212 g/mol. The molecule has 0 spiro atoms. The highest BCUT2D eigenvalue weighted by atomic mass is 16.4. The van der Waals surface area contributed by atoms with E-state index in [9.17, 15) is 14.4 Å². The lowest BCUT2D eigenvalue weighted by molar-refractivity contribution is -0.150. The third kappa shape index (κ3) is 2.71. The normalized spacial score (nSPS) is 19.6. The van der Waals surface area contributed by atoms with Crippen LogP contribution in [0.15, 0.2) is 0 Å². The van der Waals surface area contributed by atoms with Gasteiger partial charge in [-0.05, 0) is 12.8 Å². The number of hydrogen-bond acceptors (Lipinski definition) is 3. The van der Waals surface area contributed by atoms with Gasteiger partial charge in [-0.1, -0.05) is 0 Å². The minimum absolute atomic E-state index is 0.253. The van der Waals surface area contributed by atoms with Crippen LogP contribution >= 0.6 is 0 Å². The van der Waals surface area contributed by atoms with Crippen LogP contribution in [0.25, 0.3) is 0 Å². The van der Waals surface area contributed by atoms with Gasteiger partial charge in [0, 0.05) is 20.6 Å². The lowest BCUT2D eigenvalue weighted by Gasteiger charge is -2.21. The molecule has 16 heavy (non-hydrogen) atoms. The number of amides is 2. The molecule has 90 valence electrons. The molecule has 1 saturated heterocycles. The van der Waals surface area contributed by atoms with E-state index in [4.69, 9.17) is 5.11 Å². The molecule has 1 N–H and O–H groups in total. The largest absolute Gasteiger partial charge is 0.480 e. The number of likely N-dealkylation sites (tertiary alicyclic amines) is 1. The van der Waals surface area contributed by atoms with E-state index >= 15 is 0 Å². The Hall–Kier alpha value is -1.59. The maximum absolute atomic E-state index is 11.7. The van der Waals surface area contributed by atoms with Crippen LogP contribution < -0.4 is 0 Å². The summed E-state index contributed by atoms with van der Waals surface area (Å²) < 4.78 is 0. The summed E-state index contributed by atoms with van der Waals surface area (Å²) in [5.74, 6) is -1.70. The second kappa shape index (κ2) is 4.96. The third-order valence-electron chi connectivity index (χ3n) is 2.66. The van der Waals surface area contributed by atoms with Gasteiger partial charge in [-0.25, -0.2) is 4.79 Å². The minimum atomic E-state index is -0.997. The van der Waals surface area contributed by atoms with Crippen molar-refractivity contribution in [2.45, 2.75) is 25.3 Å². The van der Waals surface area contributed by atoms with Gasteiger partial charge in [-0.2, -0.15) is 0 Å². The summed E-state index contributed by atoms with van der Waals surface area (Å²) in [5.41, 5.74) is 0. The summed E-state index contributed by atoms with van der Waals surface area (Å²) in [4.78, 5) is 36.5. The molecule has 1 aliphatic rings. The predicted molar refractivity (Wildman–Crippen MR) is 55.7 cm³/mol. The summed E-state index contributed by atoms with van der Waals surface area (Å²) in [5, 5.41) is 8.89. The average molecular weight is 228 g/mol. The van der Waals surface area contributed by atoms with E-state index in [-0.39, 0.29) is 12.3 Å². The van der Waals surface area contributed by atoms with Gasteiger partial charge in [0.1, 0.15) is 12.5 Å². The first-order valence-electron chi connectivity index (χ1n) is 5.16. The molecule has 0 bridgehead atoms. The summed E-state index contributed by atoms with van der Waals surface area (Å²) >= 11 is 0. The molecule has 1 rings (SSSR count). The number of hydrogen-bond donors (Lipinski definition) is 1. The average Bonchev–Trinajstić information content (AvgIpc) is 2.65. The molecule has 2 amide bonds. The van der Waals surface area contributed by atoms with Gasteiger partial charge in [0.15, 0.2) is 0 Å². The second-order valence-electron chi connectivity index (χ2n) is 4.05. The Morgan fingerprint density at radius 2 is 2.00 bits per heavy atom. The van der Waals surface area contributed by atoms with Crippen LogP contribution in [-0.4, -0.2) is 59.4 Å². The molecule has 0 saturated carbocycles. The Morgan fingerprint density at radius 3 is 2.50 bits per heavy atom. The summed E-state index contributed by atoms with van der Waals surface area (Å²) in [6.45, 7) is 0.427. The predicted octanol–water partition coefficient (Wildman–Crippen LogP) is -0.460. The number of nitrogens with zero attached hydrogens (tertiary/aromatic N) is 2. The zero-order chi connectivity index (χ0) is 12.3. The van der Waals surface area contributed by atoms with Gasteiger partial charge in [-0.3, -0.25) is 9.59 Å². The summed E-state index contributed by atoms with van der Waals surface area (Å²) in [6, 6.07) is -0.762. The van der Waals surface area contributed by atoms with Gasteiger partial charge in [-0.15, -0.1) is 0 Å². The van der Waals surface area contributed by atoms with Crippen molar-refractivity contribution in [1.29, 1.82) is 0 Å². The minimum Gasteiger partial charge on any atom is -0.480 e. The molecular formula is C10H16N2O4. The topological polar surface area (TPSA) is 77.9 Å². The zero-order valence-electron chi connectivity index (χ0n) is 9.47. The van der Waals surface area contributed by atoms with Gasteiger partial charge in [0.25, 0.3) is 0 Å². The van der Waals surface area contributed by atoms with Crippen molar-refractivity contribution in [3.8, 4) is 0 Å². The molecule has 1 atom stereocenters. The lowest BCUT2D eigenvalue weighted by atomic mass is 10.2. The van der Waals surface area contributed by atoms with Gasteiger partial charge in [0.05, 0.1) is 0 Å². The second-order valence-corrected chi connectivity index (χ2v) is 4.05. The van der Waals surface area contributed by atoms with Crippen molar-refractivity contribution < 1.29 is 19.5 Å². The first-order chi connectivity index (χ1) is 7.43. The molecule has 0 aromatic carbocycles. The molecule has 0 unspecified atom stereocenters. The number of carboxylic acids is 1. The van der Waals surface area contributed by atoms with Crippen LogP contribution in [0.2, 0.25) is 0 Å². The Kier molecular flexibility index (Phi) is 3.87. The first kappa shape index (κ1) is 12.5. The maximum atomic E-state index is 11.7. The molecule has 1 fully saturated rings. The molecule has 0 aromatic heterocycles. The monoisotopic (exact) mass is 228 g/mol. The Balaban J connectivity index is 2.60. The molecule has 6 nitrogen and oxygen atoms in total. The zero-order valence-corrected chi connectivity index (χ0v) is 9.47. The molecule has 1 aliphatic heterocycles. The third-order valence-corrected chi connectivity index (χ3v) is 2.66. The number of carbonyl (C=O) groups excluding carboxylic acids is 2. The first-order valence-corrected chi connectivity index (χ1v) is 5.16. The van der Waals surface area contributed by atoms with Crippen molar-refractivity contribution in [3.63, 3.8) is 0 Å². The smallest absolute Gasteiger partial charge is 0.326 e. The van der Waals surface area contributed by atoms with E-state index in [2.05, 4.69) is 0 Å². The van der Waals surface area contributed by atoms with Crippen LogP contribution in [0, 0.1) is 0 Å². The van der Waals surface area contributed by atoms with Crippen LogP contribution in [0.1, 0.15) is 19.3 Å². The van der Waals surface area contributed by atoms with Crippen LogP contribution in [-0.2, 0) is 14.4 Å². The van der Waals surface area contributed by atoms with Crippen LogP contribution in [0.5, 0.6) is 0 Å². The number of carbonyl (C=O) groups is 3. The molecule has 0 aliphatic carbocycles. The molecule has 0 aromatic rings. The highest BCUT2D eigenvalue weighted by Crippen LogP contribution is 2.18. The SMILES string of the molecule is CN(C)C(=O)CC(=O)N1CCC[C@H]1C(=O)O. The maximum Gasteiger partial charge on any atom is 0.326 e. The fourth-order valence-electron chi connectivity index (χ4n) is 1.71. The Bertz CT molecular complexity index is 314. The van der Waals surface area contributed by atoms with E-state index < -0.39 is 17.9 Å². The molecule has 0 radical (unpaired) electrons. The standard InChI is InChI=1S/C10H16N2O4/c1-11(2)8(13)6-9(14)12-5-3-4-7(12)10(15)16/h7H,3-6H2,1-2H3,(H,15,16)/t7-/m0/s1. The van der Waals surface area contributed by atoms with E-state index in [0.717, 1.165) is 0 Å². The van der Waals surface area contributed by atoms with Crippen LogP contribution in [0.3, 0.4) is 0 Å². The molecule has 1 heterocycles. The van der Waals surface area contributed by atoms with Crippen molar-refractivity contribution in [2.24, 2.45) is 0 Å². The van der Waals surface area contributed by atoms with Gasteiger partial charge >= 0.3 is 5.97 Å².